The van der Waals surface area contributed by atoms with Crippen LogP contribution >= 0.6 is 0 Å². The molecular formula is C23H47NO. The average Bonchev–Trinajstić information content (AvgIpc) is 2.62. The predicted octanol–water partition coefficient (Wildman–Crippen LogP) is 7.51. The first-order valence-electron chi connectivity index (χ1n) is 11.5. The Hall–Kier alpha value is -0.530. The largest absolute Gasteiger partial charge is 0.343 e. The molecule has 0 spiro atoms. The van der Waals surface area contributed by atoms with Crippen LogP contribution in [0.4, 0.5) is 0 Å². The molecule has 1 amide bonds. The van der Waals surface area contributed by atoms with Crippen LogP contribution in [0.25, 0.3) is 0 Å². The number of carbonyl (C=O) groups excluding carboxylic acids is 1. The Bertz CT molecular complexity index is 259. The lowest BCUT2D eigenvalue weighted by Gasteiger charge is -2.23. The van der Waals surface area contributed by atoms with E-state index < -0.39 is 0 Å². The van der Waals surface area contributed by atoms with Crippen LogP contribution in [0.2, 0.25) is 0 Å². The van der Waals surface area contributed by atoms with E-state index in [1.807, 2.05) is 0 Å². The zero-order chi connectivity index (χ0) is 18.6. The second-order valence-electron chi connectivity index (χ2n) is 7.73. The van der Waals surface area contributed by atoms with E-state index in [2.05, 4.69) is 25.7 Å². The van der Waals surface area contributed by atoms with Crippen LogP contribution in [0.3, 0.4) is 0 Å². The van der Waals surface area contributed by atoms with Crippen LogP contribution in [0.1, 0.15) is 130 Å². The summed E-state index contributed by atoms with van der Waals surface area (Å²) in [5.41, 5.74) is 0. The van der Waals surface area contributed by atoms with Crippen molar-refractivity contribution in [3.63, 3.8) is 0 Å². The zero-order valence-corrected chi connectivity index (χ0v) is 17.8. The van der Waals surface area contributed by atoms with Gasteiger partial charge in [-0.3, -0.25) is 4.79 Å². The molecule has 0 saturated carbocycles. The maximum atomic E-state index is 12.4. The number of rotatable bonds is 19. The first kappa shape index (κ1) is 24.5. The van der Waals surface area contributed by atoms with Crippen molar-refractivity contribution in [2.24, 2.45) is 0 Å². The van der Waals surface area contributed by atoms with E-state index >= 15 is 0 Å². The molecule has 0 aliphatic heterocycles. The van der Waals surface area contributed by atoms with Gasteiger partial charge in [-0.15, -0.1) is 0 Å². The van der Waals surface area contributed by atoms with Crippen molar-refractivity contribution in [3.8, 4) is 0 Å². The molecular weight excluding hydrogens is 306 g/mol. The van der Waals surface area contributed by atoms with Crippen molar-refractivity contribution in [2.45, 2.75) is 130 Å². The van der Waals surface area contributed by atoms with E-state index in [1.165, 1.54) is 89.9 Å². The van der Waals surface area contributed by atoms with Crippen LogP contribution in [-0.2, 0) is 4.79 Å². The first-order valence-corrected chi connectivity index (χ1v) is 11.5. The Morgan fingerprint density at radius 3 is 1.28 bits per heavy atom. The summed E-state index contributed by atoms with van der Waals surface area (Å²) in [6.07, 6.45) is 21.5. The molecule has 2 heteroatoms. The molecule has 0 aromatic heterocycles. The lowest BCUT2D eigenvalue weighted by atomic mass is 10.1. The number of amides is 1. The van der Waals surface area contributed by atoms with Crippen LogP contribution in [0.15, 0.2) is 0 Å². The monoisotopic (exact) mass is 353 g/mol. The van der Waals surface area contributed by atoms with Gasteiger partial charge < -0.3 is 4.90 Å². The number of hydrogen-bond acceptors (Lipinski definition) is 1. The second kappa shape index (κ2) is 19.8. The number of hydrogen-bond donors (Lipinski definition) is 0. The van der Waals surface area contributed by atoms with Gasteiger partial charge in [-0.25, -0.2) is 0 Å². The summed E-state index contributed by atoms with van der Waals surface area (Å²) in [7, 11) is 0. The molecule has 0 aromatic rings. The molecule has 0 saturated heterocycles. The molecule has 0 rings (SSSR count). The van der Waals surface area contributed by atoms with Crippen LogP contribution in [0.5, 0.6) is 0 Å². The van der Waals surface area contributed by atoms with Gasteiger partial charge in [0.1, 0.15) is 0 Å². The standard InChI is InChI=1S/C23H47NO/c1-4-7-10-12-14-16-18-21-24(23(25)20-9-6-3)22-19-17-15-13-11-8-5-2/h4-22H2,1-3H3. The van der Waals surface area contributed by atoms with Crippen molar-refractivity contribution in [3.05, 3.63) is 0 Å². The fraction of sp³-hybridized carbons (Fsp3) is 0.957. The topological polar surface area (TPSA) is 20.3 Å². The fourth-order valence-electron chi connectivity index (χ4n) is 3.37. The van der Waals surface area contributed by atoms with Gasteiger partial charge in [-0.1, -0.05) is 104 Å². The van der Waals surface area contributed by atoms with Gasteiger partial charge in [-0.05, 0) is 19.3 Å². The van der Waals surface area contributed by atoms with Crippen LogP contribution in [-0.4, -0.2) is 23.9 Å². The first-order chi connectivity index (χ1) is 12.3. The van der Waals surface area contributed by atoms with Crippen molar-refractivity contribution in [2.75, 3.05) is 13.1 Å². The quantitative estimate of drug-likeness (QED) is 0.220. The zero-order valence-electron chi connectivity index (χ0n) is 17.8. The Kier molecular flexibility index (Phi) is 19.4. The summed E-state index contributed by atoms with van der Waals surface area (Å²) in [6, 6.07) is 0. The van der Waals surface area contributed by atoms with Gasteiger partial charge in [0.05, 0.1) is 0 Å². The van der Waals surface area contributed by atoms with E-state index in [1.54, 1.807) is 0 Å². The third kappa shape index (κ3) is 16.7. The average molecular weight is 354 g/mol. The highest BCUT2D eigenvalue weighted by Crippen LogP contribution is 2.11. The molecule has 0 fully saturated rings. The summed E-state index contributed by atoms with van der Waals surface area (Å²) < 4.78 is 0. The normalized spacial score (nSPS) is 11.0. The Morgan fingerprint density at radius 1 is 0.520 bits per heavy atom. The highest BCUT2D eigenvalue weighted by atomic mass is 16.2. The molecule has 25 heavy (non-hydrogen) atoms. The summed E-state index contributed by atoms with van der Waals surface area (Å²) in [4.78, 5) is 14.6. The van der Waals surface area contributed by atoms with Crippen molar-refractivity contribution in [1.82, 2.24) is 4.90 Å². The maximum absolute atomic E-state index is 12.4. The van der Waals surface area contributed by atoms with E-state index in [-0.39, 0.29) is 0 Å². The molecule has 0 aliphatic carbocycles. The molecule has 0 heterocycles. The van der Waals surface area contributed by atoms with Crippen molar-refractivity contribution >= 4 is 5.91 Å². The maximum Gasteiger partial charge on any atom is 0.222 e. The van der Waals surface area contributed by atoms with Gasteiger partial charge in [0, 0.05) is 19.5 Å². The summed E-state index contributed by atoms with van der Waals surface area (Å²) >= 11 is 0. The van der Waals surface area contributed by atoms with E-state index in [0.29, 0.717) is 5.91 Å². The number of unbranched alkanes of at least 4 members (excludes halogenated alkanes) is 13. The molecule has 2 nitrogen and oxygen atoms in total. The van der Waals surface area contributed by atoms with Gasteiger partial charge in [0.15, 0.2) is 0 Å². The smallest absolute Gasteiger partial charge is 0.222 e. The van der Waals surface area contributed by atoms with Crippen LogP contribution < -0.4 is 0 Å². The third-order valence-corrected chi connectivity index (χ3v) is 5.16. The highest BCUT2D eigenvalue weighted by Gasteiger charge is 2.12. The lowest BCUT2D eigenvalue weighted by Crippen LogP contribution is -2.32. The molecule has 0 bridgehead atoms. The summed E-state index contributed by atoms with van der Waals surface area (Å²) in [6.45, 7) is 8.69. The summed E-state index contributed by atoms with van der Waals surface area (Å²) in [5, 5.41) is 0. The number of carbonyl (C=O) groups is 1. The fourth-order valence-corrected chi connectivity index (χ4v) is 3.37. The Morgan fingerprint density at radius 2 is 0.880 bits per heavy atom. The Balaban J connectivity index is 3.88. The SMILES string of the molecule is CCCCCCCCCN(CCCCCCCCC)C(=O)CCCC. The van der Waals surface area contributed by atoms with Crippen molar-refractivity contribution in [1.29, 1.82) is 0 Å². The molecule has 0 atom stereocenters. The Labute approximate surface area is 159 Å². The summed E-state index contributed by atoms with van der Waals surface area (Å²) in [5.74, 6) is 0.402. The molecule has 0 aromatic carbocycles. The minimum atomic E-state index is 0.402. The highest BCUT2D eigenvalue weighted by molar-refractivity contribution is 5.76. The van der Waals surface area contributed by atoms with Gasteiger partial charge in [0.25, 0.3) is 0 Å². The van der Waals surface area contributed by atoms with Gasteiger partial charge >= 0.3 is 0 Å². The van der Waals surface area contributed by atoms with Crippen molar-refractivity contribution < 1.29 is 4.79 Å². The molecule has 0 N–H and O–H groups in total. The van der Waals surface area contributed by atoms with Gasteiger partial charge in [0.2, 0.25) is 5.91 Å². The molecule has 150 valence electrons. The minimum Gasteiger partial charge on any atom is -0.343 e. The number of nitrogens with zero attached hydrogens (tertiary/aromatic N) is 1. The molecule has 0 aliphatic rings. The molecule has 0 unspecified atom stereocenters. The minimum absolute atomic E-state index is 0.402. The van der Waals surface area contributed by atoms with E-state index in [0.717, 1.165) is 32.4 Å². The molecule has 0 radical (unpaired) electrons. The third-order valence-electron chi connectivity index (χ3n) is 5.16. The van der Waals surface area contributed by atoms with E-state index in [9.17, 15) is 4.79 Å². The lowest BCUT2D eigenvalue weighted by molar-refractivity contribution is -0.131. The van der Waals surface area contributed by atoms with E-state index in [4.69, 9.17) is 0 Å². The predicted molar refractivity (Wildman–Crippen MR) is 112 cm³/mol. The van der Waals surface area contributed by atoms with Crippen LogP contribution in [0, 0.1) is 0 Å². The van der Waals surface area contributed by atoms with Gasteiger partial charge in [-0.2, -0.15) is 0 Å². The second-order valence-corrected chi connectivity index (χ2v) is 7.73.